The molecule has 2 rings (SSSR count). The molecule has 2 aromatic rings. The number of benzene rings is 2. The Hall–Kier alpha value is -2.95. The van der Waals surface area contributed by atoms with Gasteiger partial charge in [0.1, 0.15) is 5.75 Å². The molecule has 132 valence electrons. The molecule has 0 aliphatic heterocycles. The highest BCUT2D eigenvalue weighted by Crippen LogP contribution is 2.38. The summed E-state index contributed by atoms with van der Waals surface area (Å²) in [5.74, 6) is 1.60. The van der Waals surface area contributed by atoms with E-state index in [9.17, 15) is 4.79 Å². The molecule has 0 fully saturated rings. The zero-order chi connectivity index (χ0) is 18.4. The van der Waals surface area contributed by atoms with Crippen molar-refractivity contribution in [2.24, 2.45) is 0 Å². The molecular formula is C20H22O5. The van der Waals surface area contributed by atoms with E-state index < -0.39 is 5.97 Å². The number of carbonyl (C=O) groups excluding carboxylic acids is 1. The Labute approximate surface area is 147 Å². The van der Waals surface area contributed by atoms with Gasteiger partial charge >= 0.3 is 5.97 Å². The minimum Gasteiger partial charge on any atom is -0.493 e. The van der Waals surface area contributed by atoms with Crippen molar-refractivity contribution in [2.45, 2.75) is 13.8 Å². The summed E-state index contributed by atoms with van der Waals surface area (Å²) in [7, 11) is 4.62. The van der Waals surface area contributed by atoms with Gasteiger partial charge in [-0.2, -0.15) is 0 Å². The first-order chi connectivity index (χ1) is 12.0. The Morgan fingerprint density at radius 1 is 0.840 bits per heavy atom. The van der Waals surface area contributed by atoms with Crippen LogP contribution in [0, 0.1) is 13.8 Å². The SMILES string of the molecule is COc1cc(/C=C/C(=O)Oc2cc(C)cc(C)c2)cc(OC)c1OC. The van der Waals surface area contributed by atoms with Crippen LogP contribution in [0.25, 0.3) is 6.08 Å². The Morgan fingerprint density at radius 3 is 1.88 bits per heavy atom. The Balaban J connectivity index is 2.19. The third-order valence-corrected chi connectivity index (χ3v) is 3.51. The number of aryl methyl sites for hydroxylation is 2. The van der Waals surface area contributed by atoms with Crippen molar-refractivity contribution in [3.63, 3.8) is 0 Å². The largest absolute Gasteiger partial charge is 0.493 e. The molecule has 25 heavy (non-hydrogen) atoms. The van der Waals surface area contributed by atoms with Crippen molar-refractivity contribution < 1.29 is 23.7 Å². The van der Waals surface area contributed by atoms with Crippen LogP contribution >= 0.6 is 0 Å². The maximum Gasteiger partial charge on any atom is 0.336 e. The minimum absolute atomic E-state index is 0.459. The predicted octanol–water partition coefficient (Wildman–Crippen LogP) is 3.95. The fraction of sp³-hybridized carbons (Fsp3) is 0.250. The topological polar surface area (TPSA) is 54.0 Å². The van der Waals surface area contributed by atoms with E-state index in [1.807, 2.05) is 32.0 Å². The standard InChI is InChI=1S/C20H22O5/c1-13-8-14(2)10-16(9-13)25-19(21)7-6-15-11-17(22-3)20(24-5)18(12-15)23-4/h6-12H,1-5H3/b7-6+. The Morgan fingerprint density at radius 2 is 1.40 bits per heavy atom. The van der Waals surface area contributed by atoms with Crippen LogP contribution in [0.1, 0.15) is 16.7 Å². The maximum atomic E-state index is 12.0. The van der Waals surface area contributed by atoms with Crippen molar-refractivity contribution >= 4 is 12.0 Å². The molecule has 0 N–H and O–H groups in total. The monoisotopic (exact) mass is 342 g/mol. The molecule has 0 aromatic heterocycles. The van der Waals surface area contributed by atoms with Crippen LogP contribution < -0.4 is 18.9 Å². The highest BCUT2D eigenvalue weighted by Gasteiger charge is 2.12. The van der Waals surface area contributed by atoms with E-state index in [0.717, 1.165) is 16.7 Å². The lowest BCUT2D eigenvalue weighted by atomic mass is 10.1. The summed E-state index contributed by atoms with van der Waals surface area (Å²) in [5, 5.41) is 0. The highest BCUT2D eigenvalue weighted by molar-refractivity contribution is 5.89. The number of carbonyl (C=O) groups is 1. The number of rotatable bonds is 6. The van der Waals surface area contributed by atoms with Gasteiger partial charge in [-0.05, 0) is 60.9 Å². The number of esters is 1. The van der Waals surface area contributed by atoms with Crippen molar-refractivity contribution in [1.29, 1.82) is 0 Å². The molecule has 5 nitrogen and oxygen atoms in total. The van der Waals surface area contributed by atoms with E-state index in [4.69, 9.17) is 18.9 Å². The zero-order valence-corrected chi connectivity index (χ0v) is 15.1. The molecule has 0 heterocycles. The van der Waals surface area contributed by atoms with Crippen LogP contribution in [0.2, 0.25) is 0 Å². The molecule has 0 unspecified atom stereocenters. The van der Waals surface area contributed by atoms with E-state index in [2.05, 4.69) is 0 Å². The summed E-state index contributed by atoms with van der Waals surface area (Å²) in [6.45, 7) is 3.91. The molecule has 0 radical (unpaired) electrons. The second kappa shape index (κ2) is 8.24. The number of hydrogen-bond acceptors (Lipinski definition) is 5. The van der Waals surface area contributed by atoms with E-state index in [-0.39, 0.29) is 0 Å². The predicted molar refractivity (Wildman–Crippen MR) is 96.7 cm³/mol. The molecule has 2 aromatic carbocycles. The van der Waals surface area contributed by atoms with E-state index in [1.54, 1.807) is 32.4 Å². The number of hydrogen-bond donors (Lipinski definition) is 0. The molecule has 0 amide bonds. The Kier molecular flexibility index (Phi) is 6.06. The van der Waals surface area contributed by atoms with Crippen LogP contribution in [-0.2, 0) is 4.79 Å². The fourth-order valence-corrected chi connectivity index (χ4v) is 2.50. The fourth-order valence-electron chi connectivity index (χ4n) is 2.50. The molecule has 0 aliphatic carbocycles. The first kappa shape index (κ1) is 18.4. The molecule has 0 atom stereocenters. The molecule has 0 spiro atoms. The van der Waals surface area contributed by atoms with Crippen LogP contribution in [0.3, 0.4) is 0 Å². The van der Waals surface area contributed by atoms with Gasteiger partial charge in [-0.3, -0.25) is 0 Å². The Bertz CT molecular complexity index is 747. The summed E-state index contributed by atoms with van der Waals surface area (Å²) in [6, 6.07) is 9.16. The normalized spacial score (nSPS) is 10.6. The van der Waals surface area contributed by atoms with Crippen molar-refractivity contribution in [2.75, 3.05) is 21.3 Å². The van der Waals surface area contributed by atoms with Gasteiger partial charge in [0.15, 0.2) is 11.5 Å². The number of ether oxygens (including phenoxy) is 4. The van der Waals surface area contributed by atoms with Crippen LogP contribution in [0.4, 0.5) is 0 Å². The lowest BCUT2D eigenvalue weighted by Crippen LogP contribution is -2.04. The van der Waals surface area contributed by atoms with Gasteiger partial charge in [-0.25, -0.2) is 4.79 Å². The van der Waals surface area contributed by atoms with Crippen LogP contribution in [-0.4, -0.2) is 27.3 Å². The quantitative estimate of drug-likeness (QED) is 0.452. The third-order valence-electron chi connectivity index (χ3n) is 3.51. The van der Waals surface area contributed by atoms with Gasteiger partial charge in [-0.1, -0.05) is 6.07 Å². The highest BCUT2D eigenvalue weighted by atomic mass is 16.5. The lowest BCUT2D eigenvalue weighted by molar-refractivity contribution is -0.128. The number of methoxy groups -OCH3 is 3. The van der Waals surface area contributed by atoms with Gasteiger partial charge in [0.05, 0.1) is 21.3 Å². The van der Waals surface area contributed by atoms with Crippen LogP contribution in [0.15, 0.2) is 36.4 Å². The minimum atomic E-state index is -0.459. The van der Waals surface area contributed by atoms with Gasteiger partial charge in [0.25, 0.3) is 0 Å². The van der Waals surface area contributed by atoms with Crippen molar-refractivity contribution in [3.05, 3.63) is 53.1 Å². The molecule has 0 saturated carbocycles. The summed E-state index contributed by atoms with van der Waals surface area (Å²) in [6.07, 6.45) is 2.99. The third kappa shape index (κ3) is 4.76. The molecule has 0 bridgehead atoms. The summed E-state index contributed by atoms with van der Waals surface area (Å²) < 4.78 is 21.2. The molecule has 0 aliphatic rings. The van der Waals surface area contributed by atoms with Gasteiger partial charge < -0.3 is 18.9 Å². The molecule has 0 saturated heterocycles. The van der Waals surface area contributed by atoms with Gasteiger partial charge in [0, 0.05) is 6.08 Å². The maximum absolute atomic E-state index is 12.0. The summed E-state index contributed by atoms with van der Waals surface area (Å²) >= 11 is 0. The lowest BCUT2D eigenvalue weighted by Gasteiger charge is -2.12. The van der Waals surface area contributed by atoms with E-state index in [1.165, 1.54) is 13.2 Å². The van der Waals surface area contributed by atoms with Crippen molar-refractivity contribution in [3.8, 4) is 23.0 Å². The van der Waals surface area contributed by atoms with Crippen molar-refractivity contribution in [1.82, 2.24) is 0 Å². The summed E-state index contributed by atoms with van der Waals surface area (Å²) in [4.78, 5) is 12.0. The average Bonchev–Trinajstić information content (AvgIpc) is 2.57. The zero-order valence-electron chi connectivity index (χ0n) is 15.1. The first-order valence-electron chi connectivity index (χ1n) is 7.75. The second-order valence-corrected chi connectivity index (χ2v) is 5.54. The van der Waals surface area contributed by atoms with Gasteiger partial charge in [-0.15, -0.1) is 0 Å². The second-order valence-electron chi connectivity index (χ2n) is 5.54. The molecule has 5 heteroatoms. The van der Waals surface area contributed by atoms with E-state index >= 15 is 0 Å². The molecular weight excluding hydrogens is 320 g/mol. The van der Waals surface area contributed by atoms with Gasteiger partial charge in [0.2, 0.25) is 5.75 Å². The average molecular weight is 342 g/mol. The smallest absolute Gasteiger partial charge is 0.336 e. The summed E-state index contributed by atoms with van der Waals surface area (Å²) in [5.41, 5.74) is 2.81. The van der Waals surface area contributed by atoms with Crippen LogP contribution in [0.5, 0.6) is 23.0 Å². The van der Waals surface area contributed by atoms with E-state index in [0.29, 0.717) is 23.0 Å². The first-order valence-corrected chi connectivity index (χ1v) is 7.75.